The lowest BCUT2D eigenvalue weighted by Gasteiger charge is -2.31. The molecule has 2 heterocycles. The lowest BCUT2D eigenvalue weighted by molar-refractivity contribution is -0.129. The predicted molar refractivity (Wildman–Crippen MR) is 138 cm³/mol. The number of carbonyl (C=O) groups is 2. The zero-order valence-electron chi connectivity index (χ0n) is 20.7. The van der Waals surface area contributed by atoms with Crippen molar-refractivity contribution in [3.63, 3.8) is 0 Å². The van der Waals surface area contributed by atoms with E-state index < -0.39 is 22.0 Å². The van der Waals surface area contributed by atoms with Crippen LogP contribution in [0.25, 0.3) is 0 Å². The molecule has 2 aliphatic heterocycles. The van der Waals surface area contributed by atoms with E-state index in [9.17, 15) is 18.0 Å². The van der Waals surface area contributed by atoms with E-state index in [0.717, 1.165) is 35.1 Å². The molecule has 2 N–H and O–H groups in total. The summed E-state index contributed by atoms with van der Waals surface area (Å²) in [6.45, 7) is 5.55. The van der Waals surface area contributed by atoms with Gasteiger partial charge in [0.1, 0.15) is 6.04 Å². The molecular weight excluding hydrogens is 476 g/mol. The van der Waals surface area contributed by atoms with E-state index in [4.69, 9.17) is 0 Å². The number of benzene rings is 2. The lowest BCUT2D eigenvalue weighted by atomic mass is 10.1. The molecule has 0 aliphatic carbocycles. The molecule has 0 unspecified atom stereocenters. The summed E-state index contributed by atoms with van der Waals surface area (Å²) in [6, 6.07) is 13.7. The number of sulfonamides is 1. The number of rotatable bonds is 9. The minimum Gasteiger partial charge on any atom is -0.356 e. The Balaban J connectivity index is 1.30. The molecule has 2 amide bonds. The molecule has 0 saturated carbocycles. The average Bonchev–Trinajstić information content (AvgIpc) is 2.87. The van der Waals surface area contributed by atoms with Crippen LogP contribution < -0.4 is 10.6 Å². The Bertz CT molecular complexity index is 1190. The topological polar surface area (TPSA) is 98.8 Å². The van der Waals surface area contributed by atoms with Crippen molar-refractivity contribution >= 4 is 21.8 Å². The molecule has 1 fully saturated rings. The minimum absolute atomic E-state index is 0.0709. The highest BCUT2D eigenvalue weighted by Gasteiger charge is 2.36. The zero-order valence-corrected chi connectivity index (χ0v) is 21.5. The van der Waals surface area contributed by atoms with Gasteiger partial charge in [0.2, 0.25) is 11.8 Å². The predicted octanol–water partition coefficient (Wildman–Crippen LogP) is 2.69. The number of carbonyl (C=O) groups excluding carboxylic acids is 2. The third kappa shape index (κ3) is 6.53. The van der Waals surface area contributed by atoms with Gasteiger partial charge in [0.05, 0.1) is 11.3 Å². The third-order valence-corrected chi connectivity index (χ3v) is 8.44. The fraction of sp³-hybridized carbons (Fsp3) is 0.407. The Morgan fingerprint density at radius 3 is 2.36 bits per heavy atom. The molecule has 1 saturated heterocycles. The summed E-state index contributed by atoms with van der Waals surface area (Å²) < 4.78 is 27.3. The van der Waals surface area contributed by atoms with E-state index in [2.05, 4.69) is 39.8 Å². The van der Waals surface area contributed by atoms with E-state index in [0.29, 0.717) is 13.0 Å². The summed E-state index contributed by atoms with van der Waals surface area (Å²) in [4.78, 5) is 27.7. The van der Waals surface area contributed by atoms with E-state index in [1.165, 1.54) is 49.4 Å². The Kier molecular flexibility index (Phi) is 8.43. The SMILES string of the molecule is Cc1ccc(S(=O)(=O)N2C=CNC(=O)[C@H]2CC(=O)NCCc2ccc(CN3CCCCC3)cc2)cc1. The second kappa shape index (κ2) is 11.7. The average molecular weight is 511 g/mol. The summed E-state index contributed by atoms with van der Waals surface area (Å²) in [6.07, 6.45) is 6.81. The van der Waals surface area contributed by atoms with E-state index in [1.54, 1.807) is 12.1 Å². The van der Waals surface area contributed by atoms with Crippen molar-refractivity contribution in [3.05, 3.63) is 77.6 Å². The van der Waals surface area contributed by atoms with Crippen LogP contribution in [0.15, 0.2) is 65.8 Å². The molecule has 2 aromatic carbocycles. The number of nitrogens with one attached hydrogen (secondary N) is 2. The Hall–Kier alpha value is -3.17. The van der Waals surface area contributed by atoms with Gasteiger partial charge in [0, 0.05) is 25.5 Å². The number of likely N-dealkylation sites (tertiary alicyclic amines) is 1. The maximum absolute atomic E-state index is 13.1. The molecular formula is C27H34N4O4S. The highest BCUT2D eigenvalue weighted by Crippen LogP contribution is 2.23. The van der Waals surface area contributed by atoms with Crippen LogP contribution in [0.4, 0.5) is 0 Å². The lowest BCUT2D eigenvalue weighted by Crippen LogP contribution is -2.51. The first-order valence-electron chi connectivity index (χ1n) is 12.5. The van der Waals surface area contributed by atoms with Crippen molar-refractivity contribution in [2.24, 2.45) is 0 Å². The smallest absolute Gasteiger partial charge is 0.264 e. The number of hydrogen-bond donors (Lipinski definition) is 2. The normalized spacial score (nSPS) is 18.6. The van der Waals surface area contributed by atoms with Crippen molar-refractivity contribution in [1.29, 1.82) is 0 Å². The maximum Gasteiger partial charge on any atom is 0.264 e. The molecule has 36 heavy (non-hydrogen) atoms. The monoisotopic (exact) mass is 510 g/mol. The summed E-state index contributed by atoms with van der Waals surface area (Å²) in [7, 11) is -3.98. The molecule has 9 heteroatoms. The van der Waals surface area contributed by atoms with Crippen LogP contribution in [-0.4, -0.2) is 55.1 Å². The molecule has 0 spiro atoms. The standard InChI is InChI=1S/C27H34N4O4S/c1-21-5-11-24(12-6-21)36(34,35)31-18-15-29-27(33)25(31)19-26(32)28-14-13-22-7-9-23(10-8-22)20-30-16-3-2-4-17-30/h5-12,15,18,25H,2-4,13-14,16-17,19-20H2,1H3,(H,28,32)(H,29,33)/t25-/m1/s1. The number of nitrogens with zero attached hydrogens (tertiary/aromatic N) is 2. The molecule has 0 bridgehead atoms. The van der Waals surface area contributed by atoms with Gasteiger partial charge in [-0.15, -0.1) is 0 Å². The molecule has 0 radical (unpaired) electrons. The largest absolute Gasteiger partial charge is 0.356 e. The van der Waals surface area contributed by atoms with Gasteiger partial charge in [-0.25, -0.2) is 8.42 Å². The number of piperidine rings is 1. The fourth-order valence-electron chi connectivity index (χ4n) is 4.55. The third-order valence-electron chi connectivity index (χ3n) is 6.65. The van der Waals surface area contributed by atoms with Gasteiger partial charge in [0.25, 0.3) is 10.0 Å². The first-order chi connectivity index (χ1) is 17.3. The van der Waals surface area contributed by atoms with Gasteiger partial charge >= 0.3 is 0 Å². The van der Waals surface area contributed by atoms with Crippen LogP contribution >= 0.6 is 0 Å². The first kappa shape index (κ1) is 25.9. The van der Waals surface area contributed by atoms with Gasteiger partial charge in [-0.1, -0.05) is 48.4 Å². The second-order valence-corrected chi connectivity index (χ2v) is 11.3. The van der Waals surface area contributed by atoms with Crippen molar-refractivity contribution in [2.45, 2.75) is 56.5 Å². The van der Waals surface area contributed by atoms with Crippen LogP contribution in [0.1, 0.15) is 42.4 Å². The number of aryl methyl sites for hydroxylation is 1. The fourth-order valence-corrected chi connectivity index (χ4v) is 6.00. The van der Waals surface area contributed by atoms with Crippen LogP contribution in [0, 0.1) is 6.92 Å². The molecule has 4 rings (SSSR count). The van der Waals surface area contributed by atoms with E-state index in [-0.39, 0.29) is 17.2 Å². The van der Waals surface area contributed by atoms with Gasteiger partial charge in [-0.2, -0.15) is 0 Å². The maximum atomic E-state index is 13.1. The summed E-state index contributed by atoms with van der Waals surface area (Å²) in [5.74, 6) is -0.913. The van der Waals surface area contributed by atoms with Crippen molar-refractivity contribution in [3.8, 4) is 0 Å². The van der Waals surface area contributed by atoms with Gasteiger partial charge in [-0.3, -0.25) is 18.8 Å². The quantitative estimate of drug-likeness (QED) is 0.541. The van der Waals surface area contributed by atoms with Crippen molar-refractivity contribution < 1.29 is 18.0 Å². The van der Waals surface area contributed by atoms with Crippen LogP contribution in [0.2, 0.25) is 0 Å². The molecule has 1 atom stereocenters. The van der Waals surface area contributed by atoms with E-state index >= 15 is 0 Å². The number of hydrogen-bond acceptors (Lipinski definition) is 5. The van der Waals surface area contributed by atoms with Gasteiger partial charge < -0.3 is 10.6 Å². The Morgan fingerprint density at radius 1 is 1.00 bits per heavy atom. The molecule has 192 valence electrons. The van der Waals surface area contributed by atoms with Crippen molar-refractivity contribution in [1.82, 2.24) is 19.8 Å². The summed E-state index contributed by atoms with van der Waals surface area (Å²) in [5.41, 5.74) is 3.32. The summed E-state index contributed by atoms with van der Waals surface area (Å²) in [5, 5.41) is 5.33. The molecule has 0 aromatic heterocycles. The van der Waals surface area contributed by atoms with Crippen LogP contribution in [0.5, 0.6) is 0 Å². The minimum atomic E-state index is -3.98. The van der Waals surface area contributed by atoms with Gasteiger partial charge in [-0.05, 0) is 62.5 Å². The molecule has 2 aliphatic rings. The molecule has 2 aromatic rings. The second-order valence-electron chi connectivity index (χ2n) is 9.45. The van der Waals surface area contributed by atoms with Crippen molar-refractivity contribution in [2.75, 3.05) is 19.6 Å². The first-order valence-corrected chi connectivity index (χ1v) is 13.9. The molecule has 8 nitrogen and oxygen atoms in total. The highest BCUT2D eigenvalue weighted by atomic mass is 32.2. The Labute approximate surface area is 213 Å². The van der Waals surface area contributed by atoms with Gasteiger partial charge in [0.15, 0.2) is 0 Å². The van der Waals surface area contributed by atoms with Crippen LogP contribution in [-0.2, 0) is 32.6 Å². The Morgan fingerprint density at radius 2 is 1.67 bits per heavy atom. The van der Waals surface area contributed by atoms with E-state index in [1.807, 2.05) is 6.92 Å². The summed E-state index contributed by atoms with van der Waals surface area (Å²) >= 11 is 0. The number of amides is 2. The highest BCUT2D eigenvalue weighted by molar-refractivity contribution is 7.89. The van der Waals surface area contributed by atoms with Crippen LogP contribution in [0.3, 0.4) is 0 Å². The zero-order chi connectivity index (χ0) is 25.5.